The number of aromatic nitrogens is 1. The number of halogens is 1. The number of thioether (sulfide) groups is 1. The fourth-order valence-electron chi connectivity index (χ4n) is 2.17. The van der Waals surface area contributed by atoms with E-state index < -0.39 is 23.8 Å². The van der Waals surface area contributed by atoms with Crippen molar-refractivity contribution in [3.05, 3.63) is 64.9 Å². The van der Waals surface area contributed by atoms with Gasteiger partial charge in [-0.25, -0.2) is 0 Å². The number of nitrogens with one attached hydrogen (secondary N) is 3. The molecule has 142 valence electrons. The Labute approximate surface area is 166 Å². The zero-order valence-electron chi connectivity index (χ0n) is 14.6. The molecule has 3 amide bonds. The molecule has 27 heavy (non-hydrogen) atoms. The Hall–Kier alpha value is -2.58. The first-order chi connectivity index (χ1) is 13.0. The Balaban J connectivity index is 1.99. The first kappa shape index (κ1) is 20.7. The first-order valence-corrected chi connectivity index (χ1v) is 9.84. The lowest BCUT2D eigenvalue weighted by Gasteiger charge is -2.18. The van der Waals surface area contributed by atoms with Crippen LogP contribution in [0.15, 0.2) is 48.8 Å². The summed E-state index contributed by atoms with van der Waals surface area (Å²) in [4.78, 5) is 40.7. The zero-order chi connectivity index (χ0) is 19.6. The highest BCUT2D eigenvalue weighted by atomic mass is 35.5. The van der Waals surface area contributed by atoms with Crippen molar-refractivity contribution < 1.29 is 14.4 Å². The highest BCUT2D eigenvalue weighted by Crippen LogP contribution is 2.15. The minimum atomic E-state index is -0.820. The summed E-state index contributed by atoms with van der Waals surface area (Å²) >= 11 is 7.57. The highest BCUT2D eigenvalue weighted by molar-refractivity contribution is 7.98. The molecule has 2 rings (SSSR count). The molecule has 0 aliphatic carbocycles. The Bertz CT molecular complexity index is 804. The summed E-state index contributed by atoms with van der Waals surface area (Å²) in [7, 11) is 0. The van der Waals surface area contributed by atoms with Crippen LogP contribution in [0.5, 0.6) is 0 Å². The molecule has 0 radical (unpaired) electrons. The maximum atomic E-state index is 12.4. The number of carbonyl (C=O) groups excluding carboxylic acids is 3. The largest absolute Gasteiger partial charge is 0.340 e. The van der Waals surface area contributed by atoms with Crippen molar-refractivity contribution in [3.8, 4) is 0 Å². The summed E-state index contributed by atoms with van der Waals surface area (Å²) in [5.41, 5.74) is 5.31. The Morgan fingerprint density at radius 1 is 1.07 bits per heavy atom. The van der Waals surface area contributed by atoms with Gasteiger partial charge in [-0.3, -0.25) is 30.2 Å². The second-order valence-electron chi connectivity index (χ2n) is 5.47. The highest BCUT2D eigenvalue weighted by Gasteiger charge is 2.22. The van der Waals surface area contributed by atoms with E-state index in [1.165, 1.54) is 24.5 Å². The fraction of sp³-hybridized carbons (Fsp3) is 0.222. The van der Waals surface area contributed by atoms with Crippen LogP contribution in [0.3, 0.4) is 0 Å². The maximum absolute atomic E-state index is 12.4. The van der Waals surface area contributed by atoms with Gasteiger partial charge in [0, 0.05) is 18.0 Å². The van der Waals surface area contributed by atoms with Gasteiger partial charge in [0.25, 0.3) is 17.7 Å². The molecule has 2 aromatic rings. The Morgan fingerprint density at radius 3 is 2.44 bits per heavy atom. The molecule has 1 heterocycles. The predicted octanol–water partition coefficient (Wildman–Crippen LogP) is 2.05. The quantitative estimate of drug-likeness (QED) is 0.611. The average molecular weight is 407 g/mol. The van der Waals surface area contributed by atoms with Gasteiger partial charge in [-0.2, -0.15) is 11.8 Å². The summed E-state index contributed by atoms with van der Waals surface area (Å²) in [5.74, 6) is -0.805. The van der Waals surface area contributed by atoms with Gasteiger partial charge in [-0.05, 0) is 42.7 Å². The van der Waals surface area contributed by atoms with Gasteiger partial charge in [-0.15, -0.1) is 0 Å². The van der Waals surface area contributed by atoms with E-state index in [9.17, 15) is 14.4 Å². The molecule has 7 nitrogen and oxygen atoms in total. The molecule has 0 spiro atoms. The Morgan fingerprint density at radius 2 is 1.78 bits per heavy atom. The summed E-state index contributed by atoms with van der Waals surface area (Å²) in [6.07, 6.45) is 5.24. The van der Waals surface area contributed by atoms with E-state index in [4.69, 9.17) is 11.6 Å². The second-order valence-corrected chi connectivity index (χ2v) is 6.86. The molecule has 0 aliphatic heterocycles. The molecule has 0 saturated heterocycles. The van der Waals surface area contributed by atoms with E-state index in [-0.39, 0.29) is 5.56 Å². The van der Waals surface area contributed by atoms with Gasteiger partial charge in [0.15, 0.2) is 0 Å². The number of nitrogens with zero attached hydrogens (tertiary/aromatic N) is 1. The molecule has 0 aliphatic rings. The normalized spacial score (nSPS) is 11.3. The van der Waals surface area contributed by atoms with Crippen LogP contribution < -0.4 is 16.2 Å². The van der Waals surface area contributed by atoms with Gasteiger partial charge < -0.3 is 5.32 Å². The molecular weight excluding hydrogens is 388 g/mol. The van der Waals surface area contributed by atoms with Gasteiger partial charge >= 0.3 is 0 Å². The van der Waals surface area contributed by atoms with E-state index in [1.54, 1.807) is 36.0 Å². The Kier molecular flexibility index (Phi) is 8.09. The smallest absolute Gasteiger partial charge is 0.269 e. The van der Waals surface area contributed by atoms with Crippen LogP contribution in [0.2, 0.25) is 5.02 Å². The maximum Gasteiger partial charge on any atom is 0.269 e. The molecule has 0 unspecified atom stereocenters. The van der Waals surface area contributed by atoms with Gasteiger partial charge in [0.2, 0.25) is 0 Å². The van der Waals surface area contributed by atoms with Crippen molar-refractivity contribution in [3.63, 3.8) is 0 Å². The van der Waals surface area contributed by atoms with Crippen molar-refractivity contribution in [2.75, 3.05) is 12.0 Å². The number of pyridine rings is 1. The molecule has 3 N–H and O–H groups in total. The summed E-state index contributed by atoms with van der Waals surface area (Å²) in [6, 6.07) is 8.80. The SMILES string of the molecule is CSCC[C@@H](NC(=O)c1ccccc1Cl)C(=O)NNC(=O)c1ccncc1. The summed E-state index contributed by atoms with van der Waals surface area (Å²) in [6.45, 7) is 0. The number of hydrazine groups is 1. The number of carbonyl (C=O) groups is 3. The van der Waals surface area contributed by atoms with Gasteiger partial charge in [0.1, 0.15) is 6.04 Å². The van der Waals surface area contributed by atoms with E-state index in [0.717, 1.165) is 0 Å². The third kappa shape index (κ3) is 6.26. The van der Waals surface area contributed by atoms with Crippen molar-refractivity contribution in [1.82, 2.24) is 21.2 Å². The van der Waals surface area contributed by atoms with Crippen LogP contribution in [-0.4, -0.2) is 40.8 Å². The van der Waals surface area contributed by atoms with E-state index in [2.05, 4.69) is 21.2 Å². The van der Waals surface area contributed by atoms with E-state index >= 15 is 0 Å². The van der Waals surface area contributed by atoms with Gasteiger partial charge in [0.05, 0.1) is 10.6 Å². The minimum Gasteiger partial charge on any atom is -0.340 e. The predicted molar refractivity (Wildman–Crippen MR) is 106 cm³/mol. The van der Waals surface area contributed by atoms with Crippen molar-refractivity contribution >= 4 is 41.1 Å². The van der Waals surface area contributed by atoms with E-state index in [0.29, 0.717) is 22.8 Å². The zero-order valence-corrected chi connectivity index (χ0v) is 16.1. The standard InChI is InChI=1S/C18H19ClN4O3S/c1-27-11-8-15(21-17(25)13-4-2-3-5-14(13)19)18(26)23-22-16(24)12-6-9-20-10-7-12/h2-7,9-10,15H,8,11H2,1H3,(H,21,25)(H,22,24)(H,23,26)/t15-/m1/s1. The van der Waals surface area contributed by atoms with Crippen LogP contribution in [0.1, 0.15) is 27.1 Å². The van der Waals surface area contributed by atoms with Crippen molar-refractivity contribution in [2.24, 2.45) is 0 Å². The van der Waals surface area contributed by atoms with Crippen molar-refractivity contribution in [2.45, 2.75) is 12.5 Å². The monoisotopic (exact) mass is 406 g/mol. The van der Waals surface area contributed by atoms with Crippen LogP contribution in [-0.2, 0) is 4.79 Å². The number of hydrogen-bond acceptors (Lipinski definition) is 5. The molecule has 0 fully saturated rings. The van der Waals surface area contributed by atoms with Crippen LogP contribution >= 0.6 is 23.4 Å². The molecule has 1 aromatic heterocycles. The average Bonchev–Trinajstić information content (AvgIpc) is 2.69. The third-order valence-electron chi connectivity index (χ3n) is 3.59. The second kappa shape index (κ2) is 10.5. The first-order valence-electron chi connectivity index (χ1n) is 8.07. The van der Waals surface area contributed by atoms with Crippen LogP contribution in [0.25, 0.3) is 0 Å². The fourth-order valence-corrected chi connectivity index (χ4v) is 2.86. The summed E-state index contributed by atoms with van der Waals surface area (Å²) < 4.78 is 0. The number of hydrogen-bond donors (Lipinski definition) is 3. The lowest BCUT2D eigenvalue weighted by molar-refractivity contribution is -0.123. The molecule has 1 atom stereocenters. The minimum absolute atomic E-state index is 0.280. The van der Waals surface area contributed by atoms with Crippen LogP contribution in [0.4, 0.5) is 0 Å². The lowest BCUT2D eigenvalue weighted by atomic mass is 10.1. The molecule has 1 aromatic carbocycles. The van der Waals surface area contributed by atoms with Crippen molar-refractivity contribution in [1.29, 1.82) is 0 Å². The summed E-state index contributed by atoms with van der Waals surface area (Å²) in [5, 5.41) is 2.96. The van der Waals surface area contributed by atoms with Crippen LogP contribution in [0, 0.1) is 0 Å². The lowest BCUT2D eigenvalue weighted by Crippen LogP contribution is -2.52. The molecule has 9 heteroatoms. The topological polar surface area (TPSA) is 100 Å². The molecular formula is C18H19ClN4O3S. The molecule has 0 saturated carbocycles. The number of rotatable bonds is 7. The number of amides is 3. The molecule has 0 bridgehead atoms. The third-order valence-corrected chi connectivity index (χ3v) is 4.57. The number of benzene rings is 1. The van der Waals surface area contributed by atoms with E-state index in [1.807, 2.05) is 6.26 Å². The van der Waals surface area contributed by atoms with Gasteiger partial charge in [-0.1, -0.05) is 23.7 Å².